The summed E-state index contributed by atoms with van der Waals surface area (Å²) in [6.45, 7) is 1.69. The van der Waals surface area contributed by atoms with E-state index < -0.39 is 11.6 Å². The van der Waals surface area contributed by atoms with Crippen LogP contribution >= 0.6 is 15.9 Å². The molecule has 0 bridgehead atoms. The highest BCUT2D eigenvalue weighted by molar-refractivity contribution is 9.10. The minimum Gasteiger partial charge on any atom is -0.313 e. The van der Waals surface area contributed by atoms with Crippen molar-refractivity contribution in [2.75, 3.05) is 13.1 Å². The van der Waals surface area contributed by atoms with Gasteiger partial charge in [-0.2, -0.15) is 0 Å². The van der Waals surface area contributed by atoms with E-state index in [1.807, 2.05) is 0 Å². The molecule has 0 unspecified atom stereocenters. The second-order valence-electron chi connectivity index (χ2n) is 3.84. The molecule has 1 aliphatic heterocycles. The Balaban J connectivity index is 2.36. The first-order chi connectivity index (χ1) is 7.68. The summed E-state index contributed by atoms with van der Waals surface area (Å²) in [6, 6.07) is 2.65. The number of rotatable bonds is 1. The maximum atomic E-state index is 13.7. The third kappa shape index (κ3) is 2.50. The third-order valence-corrected chi connectivity index (χ3v) is 3.24. The van der Waals surface area contributed by atoms with Crippen LogP contribution in [0.2, 0.25) is 0 Å². The van der Waals surface area contributed by atoms with E-state index in [-0.39, 0.29) is 5.56 Å². The van der Waals surface area contributed by atoms with Gasteiger partial charge in [-0.05, 0) is 53.5 Å². The van der Waals surface area contributed by atoms with Crippen molar-refractivity contribution in [3.8, 4) is 0 Å². The van der Waals surface area contributed by atoms with E-state index in [1.165, 1.54) is 12.1 Å². The normalized spacial score (nSPS) is 19.1. The predicted octanol–water partition coefficient (Wildman–Crippen LogP) is 3.49. The summed E-state index contributed by atoms with van der Waals surface area (Å²) in [4.78, 5) is 0. The van der Waals surface area contributed by atoms with E-state index in [0.29, 0.717) is 11.0 Å². The van der Waals surface area contributed by atoms with Crippen LogP contribution in [0.3, 0.4) is 0 Å². The van der Waals surface area contributed by atoms with Crippen LogP contribution in [0, 0.1) is 11.6 Å². The van der Waals surface area contributed by atoms with Crippen LogP contribution in [0.1, 0.15) is 18.4 Å². The van der Waals surface area contributed by atoms with Crippen LogP contribution in [0.15, 0.2) is 22.2 Å². The molecule has 0 spiro atoms. The second-order valence-corrected chi connectivity index (χ2v) is 4.69. The zero-order valence-electron chi connectivity index (χ0n) is 8.69. The molecule has 16 heavy (non-hydrogen) atoms. The molecule has 0 saturated carbocycles. The van der Waals surface area contributed by atoms with Gasteiger partial charge in [0.2, 0.25) is 0 Å². The lowest BCUT2D eigenvalue weighted by Gasteiger charge is -2.15. The zero-order chi connectivity index (χ0) is 11.5. The Kier molecular flexibility index (Phi) is 3.71. The molecule has 1 N–H and O–H groups in total. The minimum absolute atomic E-state index is 0.0491. The molecule has 0 aromatic heterocycles. The summed E-state index contributed by atoms with van der Waals surface area (Å²) in [7, 11) is 0. The highest BCUT2D eigenvalue weighted by Gasteiger charge is 2.12. The fourth-order valence-corrected chi connectivity index (χ4v) is 2.13. The molecular formula is C12H12BrF2N. The van der Waals surface area contributed by atoms with Crippen molar-refractivity contribution in [1.82, 2.24) is 5.32 Å². The molecular weight excluding hydrogens is 276 g/mol. The summed E-state index contributed by atoms with van der Waals surface area (Å²) in [5, 5.41) is 3.18. The van der Waals surface area contributed by atoms with Crippen LogP contribution in [-0.2, 0) is 0 Å². The number of piperidine rings is 1. The monoisotopic (exact) mass is 287 g/mol. The first kappa shape index (κ1) is 11.7. The van der Waals surface area contributed by atoms with Gasteiger partial charge < -0.3 is 5.32 Å². The molecule has 1 saturated heterocycles. The molecule has 1 nitrogen and oxygen atoms in total. The Morgan fingerprint density at radius 2 is 2.12 bits per heavy atom. The Labute approximate surface area is 102 Å². The largest absolute Gasteiger partial charge is 0.313 e. The second kappa shape index (κ2) is 5.06. The van der Waals surface area contributed by atoms with Crippen molar-refractivity contribution in [2.45, 2.75) is 12.8 Å². The maximum absolute atomic E-state index is 13.7. The van der Waals surface area contributed by atoms with Gasteiger partial charge in [-0.1, -0.05) is 5.57 Å². The van der Waals surface area contributed by atoms with Crippen molar-refractivity contribution in [3.63, 3.8) is 0 Å². The zero-order valence-corrected chi connectivity index (χ0v) is 10.3. The number of hydrogen-bond donors (Lipinski definition) is 1. The van der Waals surface area contributed by atoms with Crippen LogP contribution in [0.25, 0.3) is 6.08 Å². The van der Waals surface area contributed by atoms with Crippen molar-refractivity contribution in [2.24, 2.45) is 0 Å². The van der Waals surface area contributed by atoms with Gasteiger partial charge in [0, 0.05) is 12.1 Å². The van der Waals surface area contributed by atoms with E-state index in [1.54, 1.807) is 6.08 Å². The number of halogens is 3. The lowest BCUT2D eigenvalue weighted by atomic mass is 10.0. The molecule has 1 aliphatic rings. The van der Waals surface area contributed by atoms with E-state index >= 15 is 0 Å². The number of benzene rings is 1. The molecule has 4 heteroatoms. The standard InChI is InChI=1S/C12H12BrF2N/c13-10-3-4-11(14)9(12(10)15)6-8-2-1-5-16-7-8/h3-4,6,16H,1-2,5,7H2/b8-6-. The Bertz CT molecular complexity index is 421. The molecule has 0 amide bonds. The third-order valence-electron chi connectivity index (χ3n) is 2.63. The van der Waals surface area contributed by atoms with Gasteiger partial charge in [0.15, 0.2) is 0 Å². The van der Waals surface area contributed by atoms with Gasteiger partial charge >= 0.3 is 0 Å². The van der Waals surface area contributed by atoms with E-state index in [2.05, 4.69) is 21.2 Å². The highest BCUT2D eigenvalue weighted by Crippen LogP contribution is 2.24. The summed E-state index contributed by atoms with van der Waals surface area (Å²) in [6.07, 6.45) is 3.53. The molecule has 1 aromatic rings. The fourth-order valence-electron chi connectivity index (χ4n) is 1.78. The Morgan fingerprint density at radius 3 is 2.81 bits per heavy atom. The minimum atomic E-state index is -0.530. The van der Waals surface area contributed by atoms with E-state index in [4.69, 9.17) is 0 Å². The lowest BCUT2D eigenvalue weighted by molar-refractivity contribution is 0.572. The molecule has 0 radical (unpaired) electrons. The summed E-state index contributed by atoms with van der Waals surface area (Å²) >= 11 is 3.06. The topological polar surface area (TPSA) is 12.0 Å². The van der Waals surface area contributed by atoms with Crippen molar-refractivity contribution in [1.29, 1.82) is 0 Å². The first-order valence-corrected chi connectivity index (χ1v) is 6.01. The predicted molar refractivity (Wildman–Crippen MR) is 64.1 cm³/mol. The van der Waals surface area contributed by atoms with Gasteiger partial charge in [-0.15, -0.1) is 0 Å². The van der Waals surface area contributed by atoms with Gasteiger partial charge in [-0.3, -0.25) is 0 Å². The van der Waals surface area contributed by atoms with Gasteiger partial charge in [0.25, 0.3) is 0 Å². The van der Waals surface area contributed by atoms with E-state index in [9.17, 15) is 8.78 Å². The Hall–Kier alpha value is -0.740. The Morgan fingerprint density at radius 1 is 1.31 bits per heavy atom. The summed E-state index contributed by atoms with van der Waals surface area (Å²) < 4.78 is 27.4. The van der Waals surface area contributed by atoms with Gasteiger partial charge in [0.05, 0.1) is 4.47 Å². The molecule has 1 aromatic carbocycles. The highest BCUT2D eigenvalue weighted by atomic mass is 79.9. The first-order valence-electron chi connectivity index (χ1n) is 5.22. The summed E-state index contributed by atoms with van der Waals surface area (Å²) in [5.74, 6) is -1.04. The average molecular weight is 288 g/mol. The molecule has 1 heterocycles. The van der Waals surface area contributed by atoms with E-state index in [0.717, 1.165) is 25.0 Å². The molecule has 0 atom stereocenters. The summed E-state index contributed by atoms with van der Waals surface area (Å²) in [5.41, 5.74) is 1.09. The molecule has 1 fully saturated rings. The SMILES string of the molecule is Fc1ccc(Br)c(F)c1/C=C1/CCCNC1. The lowest BCUT2D eigenvalue weighted by Crippen LogP contribution is -2.23. The average Bonchev–Trinajstić information content (AvgIpc) is 2.31. The molecule has 86 valence electrons. The molecule has 0 aliphatic carbocycles. The quantitative estimate of drug-likeness (QED) is 0.780. The van der Waals surface area contributed by atoms with Crippen LogP contribution in [0.4, 0.5) is 8.78 Å². The fraction of sp³-hybridized carbons (Fsp3) is 0.333. The van der Waals surface area contributed by atoms with Gasteiger partial charge in [0.1, 0.15) is 11.6 Å². The smallest absolute Gasteiger partial charge is 0.147 e. The van der Waals surface area contributed by atoms with Crippen LogP contribution < -0.4 is 5.32 Å². The van der Waals surface area contributed by atoms with Crippen molar-refractivity contribution < 1.29 is 8.78 Å². The van der Waals surface area contributed by atoms with Crippen molar-refractivity contribution in [3.05, 3.63) is 39.4 Å². The molecule has 2 rings (SSSR count). The van der Waals surface area contributed by atoms with Crippen LogP contribution in [-0.4, -0.2) is 13.1 Å². The van der Waals surface area contributed by atoms with Gasteiger partial charge in [-0.25, -0.2) is 8.78 Å². The maximum Gasteiger partial charge on any atom is 0.147 e. The van der Waals surface area contributed by atoms with Crippen molar-refractivity contribution >= 4 is 22.0 Å². The van der Waals surface area contributed by atoms with Crippen LogP contribution in [0.5, 0.6) is 0 Å². The number of hydrogen-bond acceptors (Lipinski definition) is 1. The number of nitrogens with one attached hydrogen (secondary N) is 1.